The molecule has 0 saturated heterocycles. The minimum absolute atomic E-state index is 0.173. The van der Waals surface area contributed by atoms with Gasteiger partial charge in [-0.3, -0.25) is 4.79 Å². The number of amides is 1. The van der Waals surface area contributed by atoms with E-state index < -0.39 is 0 Å². The van der Waals surface area contributed by atoms with Gasteiger partial charge in [-0.05, 0) is 86.7 Å². The van der Waals surface area contributed by atoms with Crippen LogP contribution in [0.4, 0.5) is 17.3 Å². The molecule has 0 fully saturated rings. The molecule has 39 heavy (non-hydrogen) atoms. The first kappa shape index (κ1) is 26.6. The molecule has 2 N–H and O–H groups in total. The number of aryl methyl sites for hydroxylation is 1. The van der Waals surface area contributed by atoms with E-state index in [0.717, 1.165) is 45.5 Å². The van der Waals surface area contributed by atoms with Crippen LogP contribution in [0, 0.1) is 6.92 Å². The SMILES string of the molecule is Cc1ccc(CN(C)C)cc1NC(=O)c1ccc(Nc2nc(-c3ccc(Cl)cc3Cl)c3ccccc3n2)cc1. The van der Waals surface area contributed by atoms with Crippen molar-refractivity contribution in [2.24, 2.45) is 0 Å². The zero-order valence-corrected chi connectivity index (χ0v) is 23.3. The van der Waals surface area contributed by atoms with Crippen LogP contribution in [0.5, 0.6) is 0 Å². The monoisotopic (exact) mass is 555 g/mol. The van der Waals surface area contributed by atoms with Crippen molar-refractivity contribution >= 4 is 57.3 Å². The van der Waals surface area contributed by atoms with E-state index in [1.54, 1.807) is 24.3 Å². The Hall–Kier alpha value is -3.97. The van der Waals surface area contributed by atoms with E-state index in [9.17, 15) is 4.79 Å². The number of hydrogen-bond acceptors (Lipinski definition) is 5. The fourth-order valence-corrected chi connectivity index (χ4v) is 4.81. The summed E-state index contributed by atoms with van der Waals surface area (Å²) in [6.07, 6.45) is 0. The Morgan fingerprint density at radius 1 is 0.897 bits per heavy atom. The first-order valence-electron chi connectivity index (χ1n) is 12.4. The lowest BCUT2D eigenvalue weighted by Gasteiger charge is -2.14. The highest BCUT2D eigenvalue weighted by Crippen LogP contribution is 2.34. The molecule has 0 spiro atoms. The summed E-state index contributed by atoms with van der Waals surface area (Å²) < 4.78 is 0. The number of carbonyl (C=O) groups is 1. The lowest BCUT2D eigenvalue weighted by molar-refractivity contribution is 0.102. The number of anilines is 3. The highest BCUT2D eigenvalue weighted by atomic mass is 35.5. The molecule has 5 aromatic rings. The van der Waals surface area contributed by atoms with Crippen LogP contribution in [0.2, 0.25) is 10.0 Å². The Labute approximate surface area is 237 Å². The number of benzene rings is 4. The highest BCUT2D eigenvalue weighted by molar-refractivity contribution is 6.36. The second-order valence-electron chi connectivity index (χ2n) is 9.58. The zero-order chi connectivity index (χ0) is 27.5. The van der Waals surface area contributed by atoms with Crippen LogP contribution in [0.3, 0.4) is 0 Å². The van der Waals surface area contributed by atoms with Crippen LogP contribution in [0.15, 0.2) is 84.9 Å². The molecule has 0 bridgehead atoms. The smallest absolute Gasteiger partial charge is 0.255 e. The van der Waals surface area contributed by atoms with E-state index in [0.29, 0.717) is 27.3 Å². The van der Waals surface area contributed by atoms with Crippen LogP contribution >= 0.6 is 23.2 Å². The van der Waals surface area contributed by atoms with Crippen LogP contribution in [-0.4, -0.2) is 34.9 Å². The quantitative estimate of drug-likeness (QED) is 0.213. The van der Waals surface area contributed by atoms with Gasteiger partial charge < -0.3 is 15.5 Å². The molecule has 4 aromatic carbocycles. The molecule has 1 heterocycles. The van der Waals surface area contributed by atoms with Gasteiger partial charge in [0.25, 0.3) is 5.91 Å². The van der Waals surface area contributed by atoms with Gasteiger partial charge in [0.2, 0.25) is 5.95 Å². The maximum absolute atomic E-state index is 13.0. The lowest BCUT2D eigenvalue weighted by Crippen LogP contribution is -2.14. The van der Waals surface area contributed by atoms with Crippen molar-refractivity contribution in [1.29, 1.82) is 0 Å². The fraction of sp³-hybridized carbons (Fsp3) is 0.129. The van der Waals surface area contributed by atoms with E-state index in [-0.39, 0.29) is 5.91 Å². The molecular weight excluding hydrogens is 529 g/mol. The molecule has 196 valence electrons. The van der Waals surface area contributed by atoms with Crippen LogP contribution < -0.4 is 10.6 Å². The average Bonchev–Trinajstić information content (AvgIpc) is 2.90. The van der Waals surface area contributed by atoms with E-state index in [1.807, 2.05) is 75.6 Å². The second kappa shape index (κ2) is 11.4. The van der Waals surface area contributed by atoms with Crippen molar-refractivity contribution in [1.82, 2.24) is 14.9 Å². The topological polar surface area (TPSA) is 70.2 Å². The van der Waals surface area contributed by atoms with Gasteiger partial charge in [-0.25, -0.2) is 9.97 Å². The largest absolute Gasteiger partial charge is 0.324 e. The Balaban J connectivity index is 1.38. The van der Waals surface area contributed by atoms with Crippen molar-refractivity contribution in [3.05, 3.63) is 112 Å². The molecule has 6 nitrogen and oxygen atoms in total. The van der Waals surface area contributed by atoms with Gasteiger partial charge in [0.15, 0.2) is 0 Å². The third-order valence-corrected chi connectivity index (χ3v) is 6.79. The molecule has 8 heteroatoms. The molecule has 0 atom stereocenters. The van der Waals surface area contributed by atoms with Crippen LogP contribution in [0.1, 0.15) is 21.5 Å². The Kier molecular flexibility index (Phi) is 7.79. The van der Waals surface area contributed by atoms with Crippen LogP contribution in [-0.2, 0) is 6.54 Å². The number of carbonyl (C=O) groups excluding carboxylic acids is 1. The van der Waals surface area contributed by atoms with E-state index in [4.69, 9.17) is 28.2 Å². The van der Waals surface area contributed by atoms with Crippen molar-refractivity contribution < 1.29 is 4.79 Å². The molecule has 0 aliphatic heterocycles. The molecule has 1 amide bonds. The number of para-hydroxylation sites is 1. The molecule has 0 aliphatic rings. The van der Waals surface area contributed by atoms with Gasteiger partial charge in [0.05, 0.1) is 16.2 Å². The number of fused-ring (bicyclic) bond motifs is 1. The summed E-state index contributed by atoms with van der Waals surface area (Å²) in [5, 5.41) is 8.24. The van der Waals surface area contributed by atoms with Crippen molar-refractivity contribution in [2.45, 2.75) is 13.5 Å². The average molecular weight is 556 g/mol. The first-order chi connectivity index (χ1) is 18.8. The summed E-state index contributed by atoms with van der Waals surface area (Å²) >= 11 is 12.6. The summed E-state index contributed by atoms with van der Waals surface area (Å²) in [6, 6.07) is 26.4. The summed E-state index contributed by atoms with van der Waals surface area (Å²) in [5.41, 5.74) is 6.49. The van der Waals surface area contributed by atoms with Crippen molar-refractivity contribution in [3.63, 3.8) is 0 Å². The number of nitrogens with one attached hydrogen (secondary N) is 2. The van der Waals surface area contributed by atoms with Gasteiger partial charge in [-0.15, -0.1) is 0 Å². The molecular formula is C31H27Cl2N5O. The summed E-state index contributed by atoms with van der Waals surface area (Å²) in [6.45, 7) is 2.78. The Morgan fingerprint density at radius 2 is 1.67 bits per heavy atom. The standard InChI is InChI=1S/C31H27Cl2N5O/c1-19-8-9-20(18-38(2)3)16-28(19)35-30(39)21-10-13-23(14-11-21)34-31-36-27-7-5-4-6-25(27)29(37-31)24-15-12-22(32)17-26(24)33/h4-17H,18H2,1-3H3,(H,35,39)(H,34,36,37). The first-order valence-corrected chi connectivity index (χ1v) is 13.2. The predicted octanol–water partition coefficient (Wildman–Crippen LogP) is 7.97. The predicted molar refractivity (Wildman–Crippen MR) is 161 cm³/mol. The molecule has 5 rings (SSSR count). The van der Waals surface area contributed by atoms with Crippen LogP contribution in [0.25, 0.3) is 22.2 Å². The minimum atomic E-state index is -0.173. The number of hydrogen-bond donors (Lipinski definition) is 2. The Bertz CT molecular complexity index is 1670. The molecule has 0 radical (unpaired) electrons. The van der Waals surface area contributed by atoms with Gasteiger partial charge in [-0.1, -0.05) is 53.5 Å². The van der Waals surface area contributed by atoms with E-state index in [1.165, 1.54) is 0 Å². The fourth-order valence-electron chi connectivity index (χ4n) is 4.32. The third kappa shape index (κ3) is 6.20. The van der Waals surface area contributed by atoms with Gasteiger partial charge >= 0.3 is 0 Å². The highest BCUT2D eigenvalue weighted by Gasteiger charge is 2.14. The third-order valence-electron chi connectivity index (χ3n) is 6.24. The number of halogens is 2. The maximum atomic E-state index is 13.0. The van der Waals surface area contributed by atoms with Gasteiger partial charge in [0, 0.05) is 39.5 Å². The molecule has 0 aliphatic carbocycles. The van der Waals surface area contributed by atoms with E-state index in [2.05, 4.69) is 26.6 Å². The Morgan fingerprint density at radius 3 is 2.41 bits per heavy atom. The number of rotatable bonds is 7. The maximum Gasteiger partial charge on any atom is 0.255 e. The summed E-state index contributed by atoms with van der Waals surface area (Å²) in [4.78, 5) is 24.5. The van der Waals surface area contributed by atoms with Gasteiger partial charge in [-0.2, -0.15) is 0 Å². The molecule has 1 aromatic heterocycles. The molecule has 0 saturated carbocycles. The number of nitrogens with zero attached hydrogens (tertiary/aromatic N) is 3. The number of aromatic nitrogens is 2. The minimum Gasteiger partial charge on any atom is -0.324 e. The zero-order valence-electron chi connectivity index (χ0n) is 21.8. The second-order valence-corrected chi connectivity index (χ2v) is 10.4. The lowest BCUT2D eigenvalue weighted by atomic mass is 10.1. The summed E-state index contributed by atoms with van der Waals surface area (Å²) in [7, 11) is 4.04. The van der Waals surface area contributed by atoms with Crippen molar-refractivity contribution in [3.8, 4) is 11.3 Å². The normalized spacial score (nSPS) is 11.1. The van der Waals surface area contributed by atoms with Crippen molar-refractivity contribution in [2.75, 3.05) is 24.7 Å². The summed E-state index contributed by atoms with van der Waals surface area (Å²) in [5.74, 6) is 0.244. The van der Waals surface area contributed by atoms with E-state index >= 15 is 0 Å². The van der Waals surface area contributed by atoms with Gasteiger partial charge in [0.1, 0.15) is 0 Å². The molecule has 0 unspecified atom stereocenters.